The highest BCUT2D eigenvalue weighted by atomic mass is 32.2. The number of aliphatic hydroxyl groups is 1. The number of thiophene rings is 1. The van der Waals surface area contributed by atoms with E-state index in [1.807, 2.05) is 46.2 Å². The molecule has 0 bridgehead atoms. The smallest absolute Gasteiger partial charge is 0.315 e. The molecule has 13 heteroatoms. The second-order valence-electron chi connectivity index (χ2n) is 14.6. The molecule has 1 aliphatic heterocycles. The van der Waals surface area contributed by atoms with E-state index in [9.17, 15) is 24.3 Å². The van der Waals surface area contributed by atoms with Gasteiger partial charge in [0.2, 0.25) is 11.8 Å². The number of amides is 5. The van der Waals surface area contributed by atoms with Crippen LogP contribution in [-0.2, 0) is 14.4 Å². The van der Waals surface area contributed by atoms with Crippen LogP contribution in [0.2, 0.25) is 0 Å². The van der Waals surface area contributed by atoms with Crippen molar-refractivity contribution in [3.8, 4) is 0 Å². The van der Waals surface area contributed by atoms with Gasteiger partial charge in [0, 0.05) is 19.6 Å². The third kappa shape index (κ3) is 10.8. The van der Waals surface area contributed by atoms with Crippen LogP contribution in [0, 0.1) is 17.3 Å². The van der Waals surface area contributed by atoms with Gasteiger partial charge in [-0.15, -0.1) is 17.9 Å². The van der Waals surface area contributed by atoms with E-state index in [2.05, 4.69) is 58.6 Å². The van der Waals surface area contributed by atoms with Crippen LogP contribution in [0.5, 0.6) is 0 Å². The molecule has 2 unspecified atom stereocenters. The van der Waals surface area contributed by atoms with Crippen molar-refractivity contribution in [1.29, 1.82) is 0 Å². The number of hydrogen-bond donors (Lipinski definition) is 5. The first-order valence-electron chi connectivity index (χ1n) is 16.9. The van der Waals surface area contributed by atoms with Crippen molar-refractivity contribution in [2.75, 3.05) is 26.7 Å². The number of aliphatic hydroxyl groups excluding tert-OH is 1. The molecule has 2 heterocycles. The number of rotatable bonds is 17. The lowest BCUT2D eigenvalue weighted by molar-refractivity contribution is -0.143. The number of likely N-dealkylation sites (N-methyl/N-ethyl adjacent to an activating group) is 1. The summed E-state index contributed by atoms with van der Waals surface area (Å²) in [5.74, 6) is -1.03. The Bertz CT molecular complexity index is 1290. The van der Waals surface area contributed by atoms with Gasteiger partial charge in [-0.2, -0.15) is 0 Å². The van der Waals surface area contributed by atoms with Crippen molar-refractivity contribution in [2.24, 2.45) is 17.3 Å². The van der Waals surface area contributed by atoms with Gasteiger partial charge < -0.3 is 31.3 Å². The Morgan fingerprint density at radius 2 is 1.90 bits per heavy atom. The van der Waals surface area contributed by atoms with E-state index in [4.69, 9.17) is 0 Å². The summed E-state index contributed by atoms with van der Waals surface area (Å²) in [5.41, 5.74) is -0.556. The average Bonchev–Trinajstić information content (AvgIpc) is 3.51. The van der Waals surface area contributed by atoms with E-state index >= 15 is 0 Å². The van der Waals surface area contributed by atoms with Crippen molar-refractivity contribution in [1.82, 2.24) is 30.5 Å². The highest BCUT2D eigenvalue weighted by molar-refractivity contribution is 7.98. The van der Waals surface area contributed by atoms with Gasteiger partial charge in [-0.3, -0.25) is 14.4 Å². The molecule has 5 amide bonds. The predicted molar refractivity (Wildman–Crippen MR) is 193 cm³/mol. The topological polar surface area (TPSA) is 143 Å². The van der Waals surface area contributed by atoms with Crippen molar-refractivity contribution < 1.29 is 24.3 Å². The molecule has 1 aromatic rings. The van der Waals surface area contributed by atoms with Crippen LogP contribution in [0.4, 0.5) is 4.79 Å². The molecule has 3 rings (SSSR count). The molecule has 5 N–H and O–H groups in total. The molecule has 48 heavy (non-hydrogen) atoms. The summed E-state index contributed by atoms with van der Waals surface area (Å²) in [7, 11) is 2.01. The highest BCUT2D eigenvalue weighted by Crippen LogP contribution is 2.35. The zero-order chi connectivity index (χ0) is 35.8. The monoisotopic (exact) mass is 704 g/mol. The molecule has 0 spiro atoms. The standard InChI is InChI=1S/C35H56N6O5S2/c1-10-16-36-31(44)28(42)25(19-24-14-15-24)37-30(43)26-18-23(5)20-41(26)32(45)29(34(6,7)8)38-33(46)39-35(11-2,22(3)4)21-40(9)48-27-13-12-17-47-27/h10,12-13,17,22,24-26,28-29,42H,1,5,11,14-16,18-21H2,2-4,6-9H3,(H,36,44)(H,37,43)(H2,38,39,46)/t25?,26-,28?,29+,35+/m0/s1. The van der Waals surface area contributed by atoms with Gasteiger partial charge in [-0.25, -0.2) is 9.10 Å². The van der Waals surface area contributed by atoms with Gasteiger partial charge >= 0.3 is 6.03 Å². The Morgan fingerprint density at radius 1 is 1.21 bits per heavy atom. The van der Waals surface area contributed by atoms with Crippen molar-refractivity contribution >= 4 is 47.0 Å². The van der Waals surface area contributed by atoms with Crippen LogP contribution in [-0.4, -0.2) is 94.5 Å². The van der Waals surface area contributed by atoms with E-state index in [-0.39, 0.29) is 25.4 Å². The summed E-state index contributed by atoms with van der Waals surface area (Å²) in [6.07, 6.45) is 3.39. The average molecular weight is 705 g/mol. The minimum Gasteiger partial charge on any atom is -0.381 e. The molecule has 1 aliphatic carbocycles. The molecular weight excluding hydrogens is 649 g/mol. The Labute approximate surface area is 294 Å². The van der Waals surface area contributed by atoms with E-state index in [1.165, 1.54) is 11.0 Å². The minimum atomic E-state index is -1.45. The summed E-state index contributed by atoms with van der Waals surface area (Å²) in [6, 6.07) is 0.971. The second-order valence-corrected chi connectivity index (χ2v) is 17.0. The van der Waals surface area contributed by atoms with E-state index in [1.54, 1.807) is 23.3 Å². The molecular formula is C35H56N6O5S2. The maximum Gasteiger partial charge on any atom is 0.315 e. The summed E-state index contributed by atoms with van der Waals surface area (Å²) in [5, 5.41) is 24.6. The Kier molecular flexibility index (Phi) is 14.2. The van der Waals surface area contributed by atoms with Crippen LogP contribution in [0.1, 0.15) is 73.6 Å². The fraction of sp³-hybridized carbons (Fsp3) is 0.657. The lowest BCUT2D eigenvalue weighted by Crippen LogP contribution is -2.64. The highest BCUT2D eigenvalue weighted by Gasteiger charge is 2.45. The summed E-state index contributed by atoms with van der Waals surface area (Å²) in [6.45, 7) is 20.4. The van der Waals surface area contributed by atoms with E-state index in [0.29, 0.717) is 30.9 Å². The molecule has 11 nitrogen and oxygen atoms in total. The number of carbonyl (C=O) groups is 4. The van der Waals surface area contributed by atoms with Gasteiger partial charge in [0.1, 0.15) is 12.1 Å². The number of hydrogen-bond acceptors (Lipinski definition) is 8. The molecule has 2 aliphatic rings. The van der Waals surface area contributed by atoms with Crippen LogP contribution in [0.25, 0.3) is 0 Å². The molecule has 0 aromatic carbocycles. The summed E-state index contributed by atoms with van der Waals surface area (Å²) in [4.78, 5) is 55.8. The Hall–Kier alpha value is -2.87. The largest absolute Gasteiger partial charge is 0.381 e. The summed E-state index contributed by atoms with van der Waals surface area (Å²) >= 11 is 3.29. The lowest BCUT2D eigenvalue weighted by Gasteiger charge is -2.41. The van der Waals surface area contributed by atoms with Crippen LogP contribution >= 0.6 is 23.3 Å². The summed E-state index contributed by atoms with van der Waals surface area (Å²) < 4.78 is 3.28. The molecule has 1 saturated heterocycles. The lowest BCUT2D eigenvalue weighted by atomic mass is 9.83. The van der Waals surface area contributed by atoms with E-state index in [0.717, 1.165) is 17.1 Å². The molecule has 2 fully saturated rings. The number of carbonyl (C=O) groups excluding carboxylic acids is 4. The Morgan fingerprint density at radius 3 is 2.44 bits per heavy atom. The number of nitrogens with one attached hydrogen (secondary N) is 4. The second kappa shape index (κ2) is 17.2. The van der Waals surface area contributed by atoms with Gasteiger partial charge in [0.25, 0.3) is 5.91 Å². The molecule has 0 radical (unpaired) electrons. The molecule has 1 saturated carbocycles. The van der Waals surface area contributed by atoms with Crippen molar-refractivity contribution in [2.45, 2.75) is 108 Å². The molecule has 1 aromatic heterocycles. The van der Waals surface area contributed by atoms with Crippen molar-refractivity contribution in [3.63, 3.8) is 0 Å². The maximum atomic E-state index is 14.3. The fourth-order valence-corrected chi connectivity index (χ4v) is 7.98. The van der Waals surface area contributed by atoms with Crippen LogP contribution in [0.3, 0.4) is 0 Å². The van der Waals surface area contributed by atoms with Crippen LogP contribution < -0.4 is 21.3 Å². The maximum absolute atomic E-state index is 14.3. The van der Waals surface area contributed by atoms with Crippen molar-refractivity contribution in [3.05, 3.63) is 42.3 Å². The number of urea groups is 1. The molecule has 5 atom stereocenters. The third-order valence-corrected chi connectivity index (χ3v) is 11.2. The zero-order valence-electron chi connectivity index (χ0n) is 29.6. The normalized spacial score (nSPS) is 19.8. The van der Waals surface area contributed by atoms with Gasteiger partial charge in [0.15, 0.2) is 6.10 Å². The first-order valence-corrected chi connectivity index (χ1v) is 18.5. The fourth-order valence-electron chi connectivity index (χ4n) is 6.06. The SMILES string of the molecule is C=CCNC(=O)C(O)C(CC1CC1)NC(=O)[C@@H]1CC(=C)CN1C(=O)[C@@H](NC(=O)N[C@](CC)(CN(C)Sc1cccs1)C(C)C)C(C)(C)C. The third-order valence-electron chi connectivity index (χ3n) is 9.25. The molecule has 268 valence electrons. The first-order chi connectivity index (χ1) is 22.5. The van der Waals surface area contributed by atoms with Gasteiger partial charge in [-0.1, -0.05) is 78.7 Å². The quantitative estimate of drug-likeness (QED) is 0.120. The Balaban J connectivity index is 1.76. The zero-order valence-corrected chi connectivity index (χ0v) is 31.3. The predicted octanol–water partition coefficient (Wildman–Crippen LogP) is 4.31. The number of nitrogens with zero attached hydrogens (tertiary/aromatic N) is 2. The number of likely N-dealkylation sites (tertiary alicyclic amines) is 1. The first kappa shape index (κ1) is 39.6. The minimum absolute atomic E-state index is 0.0937. The van der Waals surface area contributed by atoms with Crippen LogP contribution in [0.15, 0.2) is 46.5 Å². The van der Waals surface area contributed by atoms with Gasteiger partial charge in [-0.05, 0) is 67.0 Å². The van der Waals surface area contributed by atoms with Gasteiger partial charge in [0.05, 0.1) is 15.8 Å². The van der Waals surface area contributed by atoms with E-state index < -0.39 is 58.9 Å².